The Morgan fingerprint density at radius 2 is 2.00 bits per heavy atom. The molecule has 1 unspecified atom stereocenters. The lowest BCUT2D eigenvalue weighted by Gasteiger charge is -2.35. The number of hydrogen-bond donors (Lipinski definition) is 1. The van der Waals surface area contributed by atoms with E-state index < -0.39 is 4.92 Å². The van der Waals surface area contributed by atoms with E-state index in [2.05, 4.69) is 5.32 Å². The second kappa shape index (κ2) is 7.94. The van der Waals surface area contributed by atoms with Crippen LogP contribution in [0.5, 0.6) is 0 Å². The molecule has 132 valence electrons. The molecule has 24 heavy (non-hydrogen) atoms. The minimum absolute atomic E-state index is 0. The molecule has 1 aromatic carbocycles. The van der Waals surface area contributed by atoms with E-state index in [4.69, 9.17) is 0 Å². The first-order chi connectivity index (χ1) is 11.1. The third-order valence-corrected chi connectivity index (χ3v) is 5.16. The number of rotatable bonds is 3. The molecule has 2 saturated heterocycles. The molecule has 1 aromatic rings. The van der Waals surface area contributed by atoms with Crippen molar-refractivity contribution in [2.24, 2.45) is 5.92 Å². The van der Waals surface area contributed by atoms with Gasteiger partial charge in [0.15, 0.2) is 0 Å². The summed E-state index contributed by atoms with van der Waals surface area (Å²) in [6.07, 6.45) is 4.51. The molecule has 2 aliphatic rings. The maximum atomic E-state index is 12.7. The van der Waals surface area contributed by atoms with Gasteiger partial charge < -0.3 is 10.2 Å². The normalized spacial score (nSPS) is 21.4. The molecule has 0 bridgehead atoms. The molecule has 0 spiro atoms. The van der Waals surface area contributed by atoms with E-state index in [-0.39, 0.29) is 24.0 Å². The first-order valence-corrected chi connectivity index (χ1v) is 8.34. The van der Waals surface area contributed by atoms with E-state index in [9.17, 15) is 14.9 Å². The average molecular weight is 354 g/mol. The van der Waals surface area contributed by atoms with Gasteiger partial charge in [-0.3, -0.25) is 14.9 Å². The monoisotopic (exact) mass is 353 g/mol. The largest absolute Gasteiger partial charge is 0.339 e. The van der Waals surface area contributed by atoms with Crippen molar-refractivity contribution in [1.82, 2.24) is 10.2 Å². The Morgan fingerprint density at radius 1 is 1.29 bits per heavy atom. The number of nitrogens with zero attached hydrogens (tertiary/aromatic N) is 2. The van der Waals surface area contributed by atoms with Crippen molar-refractivity contribution in [2.45, 2.75) is 38.6 Å². The second-order valence-electron chi connectivity index (χ2n) is 6.59. The van der Waals surface area contributed by atoms with Crippen molar-refractivity contribution in [3.05, 3.63) is 39.4 Å². The summed E-state index contributed by atoms with van der Waals surface area (Å²) in [4.78, 5) is 25.0. The molecule has 0 aromatic heterocycles. The first kappa shape index (κ1) is 18.7. The van der Waals surface area contributed by atoms with Crippen LogP contribution in [0.25, 0.3) is 0 Å². The van der Waals surface area contributed by atoms with Crippen LogP contribution in [-0.4, -0.2) is 41.4 Å². The summed E-state index contributed by atoms with van der Waals surface area (Å²) >= 11 is 0. The highest BCUT2D eigenvalue weighted by molar-refractivity contribution is 5.96. The number of halogens is 1. The van der Waals surface area contributed by atoms with Crippen molar-refractivity contribution in [2.75, 3.05) is 19.6 Å². The predicted molar refractivity (Wildman–Crippen MR) is 94.7 cm³/mol. The molecule has 0 saturated carbocycles. The molecular weight excluding hydrogens is 330 g/mol. The van der Waals surface area contributed by atoms with E-state index in [1.807, 2.05) is 11.8 Å². The molecule has 1 atom stereocenters. The van der Waals surface area contributed by atoms with Crippen LogP contribution in [0.4, 0.5) is 5.69 Å². The number of nitro benzene ring substituents is 1. The van der Waals surface area contributed by atoms with Gasteiger partial charge in [0.2, 0.25) is 0 Å². The highest BCUT2D eigenvalue weighted by Gasteiger charge is 2.30. The number of hydrogen-bond acceptors (Lipinski definition) is 4. The third kappa shape index (κ3) is 3.87. The first-order valence-electron chi connectivity index (χ1n) is 8.34. The molecule has 6 nitrogen and oxygen atoms in total. The lowest BCUT2D eigenvalue weighted by molar-refractivity contribution is -0.384. The van der Waals surface area contributed by atoms with Gasteiger partial charge in [0.05, 0.1) is 4.92 Å². The van der Waals surface area contributed by atoms with Gasteiger partial charge in [0.25, 0.3) is 11.6 Å². The van der Waals surface area contributed by atoms with Gasteiger partial charge in [-0.15, -0.1) is 12.4 Å². The molecule has 1 N–H and O–H groups in total. The summed E-state index contributed by atoms with van der Waals surface area (Å²) < 4.78 is 0. The van der Waals surface area contributed by atoms with Crippen LogP contribution in [0.15, 0.2) is 18.2 Å². The van der Waals surface area contributed by atoms with E-state index >= 15 is 0 Å². The number of carbonyl (C=O) groups is 1. The molecule has 1 amide bonds. The maximum absolute atomic E-state index is 12.7. The Bertz CT molecular complexity index is 609. The van der Waals surface area contributed by atoms with Crippen molar-refractivity contribution in [3.8, 4) is 0 Å². The van der Waals surface area contributed by atoms with Crippen LogP contribution < -0.4 is 5.32 Å². The van der Waals surface area contributed by atoms with Crippen molar-refractivity contribution in [1.29, 1.82) is 0 Å². The molecule has 3 rings (SSSR count). The van der Waals surface area contributed by atoms with Gasteiger partial charge in [-0.1, -0.05) is 6.07 Å². The zero-order valence-corrected chi connectivity index (χ0v) is 14.7. The smallest absolute Gasteiger partial charge is 0.270 e. The summed E-state index contributed by atoms with van der Waals surface area (Å²) in [6, 6.07) is 5.11. The molecule has 7 heteroatoms. The van der Waals surface area contributed by atoms with Crippen molar-refractivity contribution in [3.63, 3.8) is 0 Å². The van der Waals surface area contributed by atoms with Gasteiger partial charge >= 0.3 is 0 Å². The van der Waals surface area contributed by atoms with E-state index in [0.717, 1.165) is 38.0 Å². The number of aryl methyl sites for hydroxylation is 1. The fourth-order valence-electron chi connectivity index (χ4n) is 3.74. The van der Waals surface area contributed by atoms with Crippen LogP contribution in [-0.2, 0) is 0 Å². The summed E-state index contributed by atoms with van der Waals surface area (Å²) in [5.41, 5.74) is 1.22. The highest BCUT2D eigenvalue weighted by Crippen LogP contribution is 2.27. The average Bonchev–Trinajstić information content (AvgIpc) is 3.09. The zero-order chi connectivity index (χ0) is 16.4. The summed E-state index contributed by atoms with van der Waals surface area (Å²) in [6.45, 7) is 4.41. The van der Waals surface area contributed by atoms with E-state index in [1.54, 1.807) is 6.07 Å². The van der Waals surface area contributed by atoms with E-state index in [0.29, 0.717) is 17.5 Å². The fourth-order valence-corrected chi connectivity index (χ4v) is 3.74. The summed E-state index contributed by atoms with van der Waals surface area (Å²) in [7, 11) is 0. The predicted octanol–water partition coefficient (Wildman–Crippen LogP) is 2.93. The number of amides is 1. The third-order valence-electron chi connectivity index (χ3n) is 5.16. The van der Waals surface area contributed by atoms with Gasteiger partial charge in [-0.2, -0.15) is 0 Å². The minimum atomic E-state index is -0.450. The van der Waals surface area contributed by atoms with Gasteiger partial charge in [0.1, 0.15) is 0 Å². The van der Waals surface area contributed by atoms with Crippen LogP contribution >= 0.6 is 12.4 Å². The fraction of sp³-hybridized carbons (Fsp3) is 0.588. The zero-order valence-electron chi connectivity index (χ0n) is 13.9. The van der Waals surface area contributed by atoms with Gasteiger partial charge in [-0.25, -0.2) is 0 Å². The number of non-ortho nitro benzene ring substituents is 1. The number of likely N-dealkylation sites (tertiary alicyclic amines) is 1. The molecule has 2 fully saturated rings. The summed E-state index contributed by atoms with van der Waals surface area (Å²) in [5.74, 6) is 0.566. The SMILES string of the molecule is Cc1ccc([N+](=O)[O-])cc1C(=O)N1CCC(C2CCCN2)CC1.Cl. The quantitative estimate of drug-likeness (QED) is 0.669. The van der Waals surface area contributed by atoms with Gasteiger partial charge in [-0.05, 0) is 50.6 Å². The Labute approximate surface area is 148 Å². The Morgan fingerprint density at radius 3 is 2.58 bits per heavy atom. The lowest BCUT2D eigenvalue weighted by Crippen LogP contribution is -2.43. The van der Waals surface area contributed by atoms with Gasteiger partial charge in [0, 0.05) is 36.8 Å². The standard InChI is InChI=1S/C17H23N3O3.ClH/c1-12-4-5-14(20(22)23)11-15(12)17(21)19-9-6-13(7-10-19)16-3-2-8-18-16;/h4-5,11,13,16,18H,2-3,6-10H2,1H3;1H. The molecule has 2 heterocycles. The number of nitro groups is 1. The lowest BCUT2D eigenvalue weighted by atomic mass is 9.88. The summed E-state index contributed by atoms with van der Waals surface area (Å²) in [5, 5.41) is 14.5. The minimum Gasteiger partial charge on any atom is -0.339 e. The van der Waals surface area contributed by atoms with Crippen molar-refractivity contribution >= 4 is 24.0 Å². The number of benzene rings is 1. The van der Waals surface area contributed by atoms with Crippen LogP contribution in [0.2, 0.25) is 0 Å². The number of nitrogens with one attached hydrogen (secondary N) is 1. The number of carbonyl (C=O) groups excluding carboxylic acids is 1. The topological polar surface area (TPSA) is 75.5 Å². The Hall–Kier alpha value is -1.66. The van der Waals surface area contributed by atoms with Crippen molar-refractivity contribution < 1.29 is 9.72 Å². The molecule has 0 aliphatic carbocycles. The molecule has 2 aliphatic heterocycles. The molecular formula is C17H24ClN3O3. The number of piperidine rings is 1. The highest BCUT2D eigenvalue weighted by atomic mass is 35.5. The maximum Gasteiger partial charge on any atom is 0.270 e. The second-order valence-corrected chi connectivity index (χ2v) is 6.59. The van der Waals surface area contributed by atoms with Crippen LogP contribution in [0.1, 0.15) is 41.6 Å². The Balaban J connectivity index is 0.00000208. The van der Waals surface area contributed by atoms with Crippen LogP contribution in [0.3, 0.4) is 0 Å². The Kier molecular flexibility index (Phi) is 6.18. The van der Waals surface area contributed by atoms with Crippen LogP contribution in [0, 0.1) is 23.0 Å². The van der Waals surface area contributed by atoms with E-state index in [1.165, 1.54) is 25.0 Å². The molecule has 0 radical (unpaired) electrons.